The van der Waals surface area contributed by atoms with Gasteiger partial charge in [-0.2, -0.15) is 0 Å². The molecule has 0 aromatic heterocycles. The maximum atomic E-state index is 10.7. The van der Waals surface area contributed by atoms with E-state index in [1.54, 1.807) is 0 Å². The van der Waals surface area contributed by atoms with Crippen LogP contribution in [0.5, 0.6) is 0 Å². The van der Waals surface area contributed by atoms with Crippen molar-refractivity contribution < 1.29 is 19.2 Å². The zero-order valence-corrected chi connectivity index (χ0v) is 10.6. The second-order valence-electron chi connectivity index (χ2n) is 4.35. The number of carboxylic acids is 1. The van der Waals surface area contributed by atoms with Crippen LogP contribution < -0.4 is 10.4 Å². The fourth-order valence-electron chi connectivity index (χ4n) is 0.837. The lowest BCUT2D eigenvalue weighted by molar-refractivity contribution is -0.870. The molecule has 1 amide bonds. The van der Waals surface area contributed by atoms with E-state index in [1.165, 1.54) is 6.08 Å². The summed E-state index contributed by atoms with van der Waals surface area (Å²) < 4.78 is 0.934. The van der Waals surface area contributed by atoms with Gasteiger partial charge in [-0.05, 0) is 13.0 Å². The van der Waals surface area contributed by atoms with Crippen LogP contribution in [-0.4, -0.2) is 50.6 Å². The van der Waals surface area contributed by atoms with Gasteiger partial charge in [0, 0.05) is 18.9 Å². The molecular weight excluding hydrogens is 208 g/mol. The summed E-state index contributed by atoms with van der Waals surface area (Å²) in [6.07, 6.45) is 2.30. The van der Waals surface area contributed by atoms with E-state index < -0.39 is 5.97 Å². The van der Waals surface area contributed by atoms with Crippen LogP contribution in [-0.2, 0) is 9.59 Å². The lowest BCUT2D eigenvalue weighted by Gasteiger charge is -2.23. The number of carboxylic acid groups (broad SMARTS) is 1. The number of quaternary nitrogens is 1. The quantitative estimate of drug-likeness (QED) is 0.379. The lowest BCUT2D eigenvalue weighted by Crippen LogP contribution is -2.37. The largest absolute Gasteiger partial charge is 0.550 e. The van der Waals surface area contributed by atoms with Crippen LogP contribution in [0.1, 0.15) is 13.3 Å². The third-order valence-electron chi connectivity index (χ3n) is 1.49. The Labute approximate surface area is 97.3 Å². The van der Waals surface area contributed by atoms with Crippen LogP contribution >= 0.6 is 0 Å². The molecule has 0 rings (SSSR count). The van der Waals surface area contributed by atoms with Gasteiger partial charge >= 0.3 is 0 Å². The average molecular weight is 230 g/mol. The summed E-state index contributed by atoms with van der Waals surface area (Å²) in [4.78, 5) is 19.6. The maximum Gasteiger partial charge on any atom is 0.243 e. The van der Waals surface area contributed by atoms with Gasteiger partial charge in [-0.3, -0.25) is 4.79 Å². The van der Waals surface area contributed by atoms with E-state index in [0.717, 1.165) is 30.9 Å². The predicted octanol–water partition coefficient (Wildman–Crippen LogP) is -0.859. The first-order chi connectivity index (χ1) is 7.19. The van der Waals surface area contributed by atoms with Crippen LogP contribution in [0.25, 0.3) is 0 Å². The fourth-order valence-corrected chi connectivity index (χ4v) is 0.837. The van der Waals surface area contributed by atoms with Gasteiger partial charge in [0.2, 0.25) is 5.91 Å². The molecule has 0 aliphatic carbocycles. The molecule has 0 aromatic rings. The molecule has 0 saturated carbocycles. The van der Waals surface area contributed by atoms with E-state index in [2.05, 4.69) is 33.0 Å². The van der Waals surface area contributed by atoms with Crippen molar-refractivity contribution in [3.8, 4) is 0 Å². The molecule has 5 heteroatoms. The van der Waals surface area contributed by atoms with Gasteiger partial charge in [0.05, 0.1) is 27.7 Å². The molecule has 94 valence electrons. The molecule has 0 heterocycles. The Hall–Kier alpha value is -1.36. The van der Waals surface area contributed by atoms with E-state index in [0.29, 0.717) is 0 Å². The van der Waals surface area contributed by atoms with Crippen LogP contribution in [0.3, 0.4) is 0 Å². The van der Waals surface area contributed by atoms with Gasteiger partial charge in [0.25, 0.3) is 0 Å². The van der Waals surface area contributed by atoms with E-state index in [9.17, 15) is 4.79 Å². The summed E-state index contributed by atoms with van der Waals surface area (Å²) in [7, 11) is 6.40. The van der Waals surface area contributed by atoms with Crippen molar-refractivity contribution in [2.45, 2.75) is 13.3 Å². The third-order valence-corrected chi connectivity index (χ3v) is 1.49. The van der Waals surface area contributed by atoms with Gasteiger partial charge in [-0.1, -0.05) is 6.58 Å². The van der Waals surface area contributed by atoms with Gasteiger partial charge in [-0.15, -0.1) is 0 Å². The summed E-state index contributed by atoms with van der Waals surface area (Å²) >= 11 is 0. The minimum Gasteiger partial charge on any atom is -0.550 e. The average Bonchev–Trinajstić information content (AvgIpc) is 2.09. The molecule has 16 heavy (non-hydrogen) atoms. The first-order valence-corrected chi connectivity index (χ1v) is 5.07. The zero-order valence-electron chi connectivity index (χ0n) is 10.6. The highest BCUT2D eigenvalue weighted by Gasteiger charge is 2.05. The summed E-state index contributed by atoms with van der Waals surface area (Å²) in [6, 6.07) is 0. The van der Waals surface area contributed by atoms with Crippen molar-refractivity contribution in [1.29, 1.82) is 0 Å². The monoisotopic (exact) mass is 230 g/mol. The molecule has 0 fully saturated rings. The van der Waals surface area contributed by atoms with Crippen molar-refractivity contribution in [3.05, 3.63) is 12.7 Å². The first-order valence-electron chi connectivity index (χ1n) is 5.07. The molecule has 0 saturated heterocycles. The summed E-state index contributed by atoms with van der Waals surface area (Å²) in [5, 5.41) is 11.6. The SMILES string of the molecule is C=CC(=O)NCCC[N+](C)(C)C.CC(=O)[O-]. The Morgan fingerprint density at radius 3 is 2.12 bits per heavy atom. The number of hydrogen-bond donors (Lipinski definition) is 1. The topological polar surface area (TPSA) is 69.2 Å². The molecule has 1 N–H and O–H groups in total. The normalized spacial score (nSPS) is 9.75. The van der Waals surface area contributed by atoms with E-state index in [-0.39, 0.29) is 5.91 Å². The maximum absolute atomic E-state index is 10.7. The van der Waals surface area contributed by atoms with E-state index in [4.69, 9.17) is 9.90 Å². The standard InChI is InChI=1S/C9H18N2O.C2H4O2/c1-5-9(12)10-7-6-8-11(2,3)4;1-2(3)4/h5H,1,6-8H2,2-4H3;1H3,(H,3,4). The number of carbonyl (C=O) groups excluding carboxylic acids is 2. The van der Waals surface area contributed by atoms with Crippen LogP contribution in [0, 0.1) is 0 Å². The van der Waals surface area contributed by atoms with Gasteiger partial charge in [0.15, 0.2) is 0 Å². The molecule has 0 aromatic carbocycles. The molecule has 0 aliphatic heterocycles. The van der Waals surface area contributed by atoms with Crippen molar-refractivity contribution in [2.24, 2.45) is 0 Å². The number of nitrogens with zero attached hydrogens (tertiary/aromatic N) is 1. The predicted molar refractivity (Wildman–Crippen MR) is 61.4 cm³/mol. The molecular formula is C11H22N2O3. The fraction of sp³-hybridized carbons (Fsp3) is 0.636. The van der Waals surface area contributed by atoms with Crippen molar-refractivity contribution in [2.75, 3.05) is 34.2 Å². The zero-order chi connectivity index (χ0) is 13.2. The van der Waals surface area contributed by atoms with Gasteiger partial charge in [0.1, 0.15) is 0 Å². The minimum atomic E-state index is -1.08. The van der Waals surface area contributed by atoms with Gasteiger partial charge < -0.3 is 19.7 Å². The van der Waals surface area contributed by atoms with Crippen molar-refractivity contribution in [1.82, 2.24) is 5.32 Å². The molecule has 0 aliphatic rings. The van der Waals surface area contributed by atoms with Crippen LogP contribution in [0.15, 0.2) is 12.7 Å². The highest BCUT2D eigenvalue weighted by Crippen LogP contribution is 1.91. The van der Waals surface area contributed by atoms with E-state index >= 15 is 0 Å². The van der Waals surface area contributed by atoms with Crippen molar-refractivity contribution in [3.63, 3.8) is 0 Å². The molecule has 0 unspecified atom stereocenters. The number of hydrogen-bond acceptors (Lipinski definition) is 3. The Bertz CT molecular complexity index is 228. The molecule has 0 spiro atoms. The number of nitrogens with one attached hydrogen (secondary N) is 1. The second-order valence-corrected chi connectivity index (χ2v) is 4.35. The van der Waals surface area contributed by atoms with E-state index in [1.807, 2.05) is 0 Å². The summed E-state index contributed by atoms with van der Waals surface area (Å²) in [5.41, 5.74) is 0. The number of carbonyl (C=O) groups is 2. The Morgan fingerprint density at radius 2 is 1.81 bits per heavy atom. The number of rotatable bonds is 5. The minimum absolute atomic E-state index is 0.0867. The highest BCUT2D eigenvalue weighted by molar-refractivity contribution is 5.86. The molecule has 0 radical (unpaired) electrons. The lowest BCUT2D eigenvalue weighted by atomic mass is 10.3. The van der Waals surface area contributed by atoms with Gasteiger partial charge in [-0.25, -0.2) is 0 Å². The Morgan fingerprint density at radius 1 is 1.38 bits per heavy atom. The van der Waals surface area contributed by atoms with Crippen LogP contribution in [0.4, 0.5) is 0 Å². The number of aliphatic carboxylic acids is 1. The smallest absolute Gasteiger partial charge is 0.243 e. The Balaban J connectivity index is 0. The van der Waals surface area contributed by atoms with Crippen LogP contribution in [0.2, 0.25) is 0 Å². The molecule has 0 atom stereocenters. The summed E-state index contributed by atoms with van der Waals surface area (Å²) in [6.45, 7) is 6.15. The highest BCUT2D eigenvalue weighted by atomic mass is 16.4. The second kappa shape index (κ2) is 8.91. The Kier molecular flexibility index (Phi) is 9.49. The van der Waals surface area contributed by atoms with Crippen molar-refractivity contribution >= 4 is 11.9 Å². The summed E-state index contributed by atoms with van der Waals surface area (Å²) in [5.74, 6) is -1.17. The molecule has 5 nitrogen and oxygen atoms in total. The third kappa shape index (κ3) is 22.9. The first kappa shape index (κ1) is 17.0. The molecule has 0 bridgehead atoms. The number of amides is 1.